The van der Waals surface area contributed by atoms with Crippen LogP contribution in [0, 0.1) is 0 Å². The van der Waals surface area contributed by atoms with Crippen LogP contribution in [-0.4, -0.2) is 35.2 Å². The molecule has 3 heterocycles. The molecular weight excluding hydrogens is 264 g/mol. The van der Waals surface area contributed by atoms with Gasteiger partial charge in [0.05, 0.1) is 0 Å². The maximum Gasteiger partial charge on any atom is 0.156 e. The number of hydrogen-bond acceptors (Lipinski definition) is 5. The lowest BCUT2D eigenvalue weighted by Crippen LogP contribution is -2.33. The number of hydrogen-bond donors (Lipinski definition) is 0. The first-order valence-corrected chi connectivity index (χ1v) is 7.33. The van der Waals surface area contributed by atoms with E-state index in [2.05, 4.69) is 32.0 Å². The number of aromatic nitrogens is 3. The van der Waals surface area contributed by atoms with Gasteiger partial charge in [-0.25, -0.2) is 9.97 Å². The van der Waals surface area contributed by atoms with Gasteiger partial charge < -0.3 is 9.64 Å². The van der Waals surface area contributed by atoms with Gasteiger partial charge in [-0.3, -0.25) is 4.98 Å². The highest BCUT2D eigenvalue weighted by Crippen LogP contribution is 2.28. The second-order valence-corrected chi connectivity index (χ2v) is 5.28. The summed E-state index contributed by atoms with van der Waals surface area (Å²) in [5.41, 5.74) is 1.21. The molecule has 110 valence electrons. The number of rotatable bonds is 4. The summed E-state index contributed by atoms with van der Waals surface area (Å²) in [6.45, 7) is 2.47. The summed E-state index contributed by atoms with van der Waals surface area (Å²) in [5.74, 6) is 2.29. The van der Waals surface area contributed by atoms with Crippen LogP contribution in [0.15, 0.2) is 36.7 Å². The van der Waals surface area contributed by atoms with Crippen LogP contribution < -0.4 is 4.90 Å². The first-order chi connectivity index (χ1) is 10.4. The summed E-state index contributed by atoms with van der Waals surface area (Å²) in [6.07, 6.45) is 5.91. The van der Waals surface area contributed by atoms with Crippen molar-refractivity contribution in [3.05, 3.63) is 48.2 Å². The second kappa shape index (κ2) is 6.63. The van der Waals surface area contributed by atoms with Crippen molar-refractivity contribution >= 4 is 5.82 Å². The Hall–Kier alpha value is -2.01. The molecule has 2 aromatic rings. The lowest BCUT2D eigenvalue weighted by atomic mass is 9.93. The number of anilines is 1. The molecule has 0 amide bonds. The lowest BCUT2D eigenvalue weighted by Gasteiger charge is -2.32. The molecule has 0 atom stereocenters. The van der Waals surface area contributed by atoms with Gasteiger partial charge in [0.1, 0.15) is 12.4 Å². The molecule has 0 N–H and O–H groups in total. The third-order valence-electron chi connectivity index (χ3n) is 3.89. The maximum atomic E-state index is 5.09. The van der Waals surface area contributed by atoms with E-state index in [4.69, 9.17) is 4.74 Å². The molecule has 0 radical (unpaired) electrons. The van der Waals surface area contributed by atoms with E-state index in [0.29, 0.717) is 12.5 Å². The first-order valence-electron chi connectivity index (χ1n) is 7.33. The average molecular weight is 284 g/mol. The molecule has 2 aromatic heterocycles. The van der Waals surface area contributed by atoms with Gasteiger partial charge in [0.25, 0.3) is 0 Å². The molecule has 0 spiro atoms. The standard InChI is InChI=1S/C16H20N4O/c1-21-12-15-18-9-5-16(19-15)20-10-6-13(7-11-20)14-4-2-3-8-17-14/h2-5,8-9,13H,6-7,10-12H2,1H3. The Kier molecular flexibility index (Phi) is 4.40. The van der Waals surface area contributed by atoms with Gasteiger partial charge in [0.2, 0.25) is 0 Å². The van der Waals surface area contributed by atoms with Crippen molar-refractivity contribution in [2.45, 2.75) is 25.4 Å². The average Bonchev–Trinajstić information content (AvgIpc) is 2.56. The van der Waals surface area contributed by atoms with E-state index < -0.39 is 0 Å². The maximum absolute atomic E-state index is 5.09. The van der Waals surface area contributed by atoms with Gasteiger partial charge in [-0.05, 0) is 31.0 Å². The Morgan fingerprint density at radius 2 is 2.00 bits per heavy atom. The van der Waals surface area contributed by atoms with Crippen LogP contribution in [-0.2, 0) is 11.3 Å². The third-order valence-corrected chi connectivity index (χ3v) is 3.89. The van der Waals surface area contributed by atoms with Crippen molar-refractivity contribution in [3.8, 4) is 0 Å². The van der Waals surface area contributed by atoms with Crippen molar-refractivity contribution < 1.29 is 4.74 Å². The number of ether oxygens (including phenoxy) is 1. The summed E-state index contributed by atoms with van der Waals surface area (Å²) in [5, 5.41) is 0. The molecule has 1 aliphatic heterocycles. The monoisotopic (exact) mass is 284 g/mol. The zero-order chi connectivity index (χ0) is 14.5. The molecule has 1 aliphatic rings. The Balaban J connectivity index is 1.64. The van der Waals surface area contributed by atoms with Crippen molar-refractivity contribution in [2.75, 3.05) is 25.1 Å². The highest BCUT2D eigenvalue weighted by atomic mass is 16.5. The van der Waals surface area contributed by atoms with E-state index in [1.54, 1.807) is 7.11 Å². The largest absolute Gasteiger partial charge is 0.377 e. The van der Waals surface area contributed by atoms with Gasteiger partial charge in [0.15, 0.2) is 5.82 Å². The second-order valence-electron chi connectivity index (χ2n) is 5.28. The van der Waals surface area contributed by atoms with Crippen molar-refractivity contribution in [2.24, 2.45) is 0 Å². The molecule has 0 saturated carbocycles. The number of nitrogens with zero attached hydrogens (tertiary/aromatic N) is 4. The minimum atomic E-state index is 0.457. The predicted molar refractivity (Wildman–Crippen MR) is 81.2 cm³/mol. The minimum absolute atomic E-state index is 0.457. The van der Waals surface area contributed by atoms with Gasteiger partial charge in [-0.15, -0.1) is 0 Å². The highest BCUT2D eigenvalue weighted by Gasteiger charge is 2.22. The summed E-state index contributed by atoms with van der Waals surface area (Å²) in [7, 11) is 1.66. The van der Waals surface area contributed by atoms with E-state index in [1.165, 1.54) is 5.69 Å². The molecule has 5 nitrogen and oxygen atoms in total. The van der Waals surface area contributed by atoms with Crippen LogP contribution in [0.5, 0.6) is 0 Å². The molecule has 5 heteroatoms. The van der Waals surface area contributed by atoms with E-state index in [-0.39, 0.29) is 0 Å². The van der Waals surface area contributed by atoms with Crippen molar-refractivity contribution in [3.63, 3.8) is 0 Å². The quantitative estimate of drug-likeness (QED) is 0.863. The number of pyridine rings is 1. The number of piperidine rings is 1. The zero-order valence-electron chi connectivity index (χ0n) is 12.3. The Morgan fingerprint density at radius 3 is 2.71 bits per heavy atom. The molecule has 21 heavy (non-hydrogen) atoms. The Labute approximate surface area is 125 Å². The van der Waals surface area contributed by atoms with Crippen LogP contribution >= 0.6 is 0 Å². The molecular formula is C16H20N4O. The lowest BCUT2D eigenvalue weighted by molar-refractivity contribution is 0.178. The third kappa shape index (κ3) is 3.36. The summed E-state index contributed by atoms with van der Waals surface area (Å²) in [6, 6.07) is 8.13. The molecule has 0 bridgehead atoms. The number of methoxy groups -OCH3 is 1. The fourth-order valence-corrected chi connectivity index (χ4v) is 2.78. The van der Waals surface area contributed by atoms with Crippen LogP contribution in [0.3, 0.4) is 0 Å². The first kappa shape index (κ1) is 13.9. The van der Waals surface area contributed by atoms with Crippen LogP contribution in [0.1, 0.15) is 30.3 Å². The molecule has 1 saturated heterocycles. The normalized spacial score (nSPS) is 16.1. The van der Waals surface area contributed by atoms with Crippen LogP contribution in [0.25, 0.3) is 0 Å². The summed E-state index contributed by atoms with van der Waals surface area (Å²) >= 11 is 0. The fraction of sp³-hybridized carbons (Fsp3) is 0.438. The molecule has 3 rings (SSSR count). The SMILES string of the molecule is COCc1nccc(N2CCC(c3ccccn3)CC2)n1. The van der Waals surface area contributed by atoms with E-state index in [1.807, 2.05) is 24.5 Å². The zero-order valence-corrected chi connectivity index (χ0v) is 12.3. The van der Waals surface area contributed by atoms with Gasteiger partial charge in [-0.1, -0.05) is 6.07 Å². The molecule has 0 aliphatic carbocycles. The topological polar surface area (TPSA) is 51.1 Å². The highest BCUT2D eigenvalue weighted by molar-refractivity contribution is 5.38. The summed E-state index contributed by atoms with van der Waals surface area (Å²) in [4.78, 5) is 15.6. The Morgan fingerprint density at radius 1 is 1.14 bits per heavy atom. The van der Waals surface area contributed by atoms with E-state index in [0.717, 1.165) is 37.6 Å². The van der Waals surface area contributed by atoms with Gasteiger partial charge >= 0.3 is 0 Å². The fourth-order valence-electron chi connectivity index (χ4n) is 2.78. The van der Waals surface area contributed by atoms with Crippen molar-refractivity contribution in [1.82, 2.24) is 15.0 Å². The van der Waals surface area contributed by atoms with Crippen LogP contribution in [0.4, 0.5) is 5.82 Å². The van der Waals surface area contributed by atoms with Gasteiger partial charge in [-0.2, -0.15) is 0 Å². The van der Waals surface area contributed by atoms with Crippen LogP contribution in [0.2, 0.25) is 0 Å². The molecule has 1 fully saturated rings. The summed E-state index contributed by atoms with van der Waals surface area (Å²) < 4.78 is 5.09. The molecule has 0 unspecified atom stereocenters. The van der Waals surface area contributed by atoms with Crippen molar-refractivity contribution in [1.29, 1.82) is 0 Å². The van der Waals surface area contributed by atoms with Gasteiger partial charge in [0, 0.05) is 44.2 Å². The molecule has 0 aromatic carbocycles. The predicted octanol–water partition coefficient (Wildman–Crippen LogP) is 2.40. The van der Waals surface area contributed by atoms with E-state index in [9.17, 15) is 0 Å². The van der Waals surface area contributed by atoms with E-state index >= 15 is 0 Å². The smallest absolute Gasteiger partial charge is 0.156 e. The minimum Gasteiger partial charge on any atom is -0.377 e. The Bertz CT molecular complexity index is 567.